The van der Waals surface area contributed by atoms with E-state index in [9.17, 15) is 9.59 Å². The SMILES string of the molecule is COc1ccc(C(=O)N=C2C=CC3C(=C2)NC(=O)C2=C3CCC2)c(OC)c1. The minimum absolute atomic E-state index is 0.0252. The smallest absolute Gasteiger partial charge is 0.281 e. The summed E-state index contributed by atoms with van der Waals surface area (Å²) >= 11 is 0. The second kappa shape index (κ2) is 6.87. The van der Waals surface area contributed by atoms with E-state index in [0.29, 0.717) is 22.8 Å². The zero-order valence-corrected chi connectivity index (χ0v) is 15.2. The number of carbonyl (C=O) groups excluding carboxylic acids is 2. The topological polar surface area (TPSA) is 77.0 Å². The molecule has 1 aliphatic heterocycles. The summed E-state index contributed by atoms with van der Waals surface area (Å²) in [5, 5.41) is 2.95. The number of nitrogens with one attached hydrogen (secondary N) is 1. The van der Waals surface area contributed by atoms with Crippen molar-refractivity contribution < 1.29 is 19.1 Å². The molecule has 0 radical (unpaired) electrons. The summed E-state index contributed by atoms with van der Waals surface area (Å²) in [5.41, 5.74) is 3.76. The van der Waals surface area contributed by atoms with Crippen molar-refractivity contribution in [1.29, 1.82) is 0 Å². The van der Waals surface area contributed by atoms with Crippen molar-refractivity contribution in [2.45, 2.75) is 19.3 Å². The van der Waals surface area contributed by atoms with Crippen molar-refractivity contribution in [3.63, 3.8) is 0 Å². The first-order valence-corrected chi connectivity index (χ1v) is 8.89. The molecule has 4 rings (SSSR count). The Labute approximate surface area is 157 Å². The second-order valence-electron chi connectivity index (χ2n) is 6.66. The third-order valence-electron chi connectivity index (χ3n) is 5.14. The van der Waals surface area contributed by atoms with E-state index in [1.165, 1.54) is 12.7 Å². The highest BCUT2D eigenvalue weighted by molar-refractivity contribution is 6.15. The summed E-state index contributed by atoms with van der Waals surface area (Å²) in [7, 11) is 3.05. The van der Waals surface area contributed by atoms with Crippen molar-refractivity contribution in [1.82, 2.24) is 5.32 Å². The average molecular weight is 364 g/mol. The van der Waals surface area contributed by atoms with Crippen LogP contribution < -0.4 is 14.8 Å². The number of hydrogen-bond acceptors (Lipinski definition) is 4. The Morgan fingerprint density at radius 2 is 2.07 bits per heavy atom. The van der Waals surface area contributed by atoms with Gasteiger partial charge in [-0.2, -0.15) is 0 Å². The van der Waals surface area contributed by atoms with Crippen molar-refractivity contribution in [2.75, 3.05) is 14.2 Å². The molecule has 0 spiro atoms. The number of rotatable bonds is 3. The lowest BCUT2D eigenvalue weighted by molar-refractivity contribution is -0.117. The number of allylic oxidation sites excluding steroid dienone is 3. The van der Waals surface area contributed by atoms with Crippen LogP contribution >= 0.6 is 0 Å². The van der Waals surface area contributed by atoms with E-state index in [0.717, 1.165) is 30.5 Å². The minimum atomic E-state index is -0.410. The van der Waals surface area contributed by atoms with Gasteiger partial charge in [-0.1, -0.05) is 6.08 Å². The molecule has 0 saturated carbocycles. The lowest BCUT2D eigenvalue weighted by Gasteiger charge is -2.28. The molecule has 0 bridgehead atoms. The highest BCUT2D eigenvalue weighted by atomic mass is 16.5. The molecule has 0 saturated heterocycles. The highest BCUT2D eigenvalue weighted by Gasteiger charge is 2.34. The molecular weight excluding hydrogens is 344 g/mol. The van der Waals surface area contributed by atoms with Crippen LogP contribution in [-0.4, -0.2) is 31.7 Å². The quantitative estimate of drug-likeness (QED) is 0.895. The predicted molar refractivity (Wildman–Crippen MR) is 101 cm³/mol. The van der Waals surface area contributed by atoms with Crippen LogP contribution in [0.2, 0.25) is 0 Å². The van der Waals surface area contributed by atoms with Crippen molar-refractivity contribution in [3.05, 3.63) is 58.8 Å². The highest BCUT2D eigenvalue weighted by Crippen LogP contribution is 2.39. The van der Waals surface area contributed by atoms with Gasteiger partial charge in [-0.05, 0) is 49.1 Å². The van der Waals surface area contributed by atoms with Gasteiger partial charge in [0.1, 0.15) is 11.5 Å². The molecule has 2 aliphatic carbocycles. The molecule has 6 nitrogen and oxygen atoms in total. The third-order valence-corrected chi connectivity index (χ3v) is 5.14. The Hall–Kier alpha value is -3.15. The largest absolute Gasteiger partial charge is 0.497 e. The van der Waals surface area contributed by atoms with E-state index in [1.54, 1.807) is 31.4 Å². The van der Waals surface area contributed by atoms with Gasteiger partial charge in [0.05, 0.1) is 25.5 Å². The lowest BCUT2D eigenvalue weighted by Crippen LogP contribution is -2.35. The number of fused-ring (bicyclic) bond motifs is 2. The number of methoxy groups -OCH3 is 2. The first kappa shape index (κ1) is 17.3. The normalized spacial score (nSPS) is 22.1. The van der Waals surface area contributed by atoms with Gasteiger partial charge in [-0.3, -0.25) is 9.59 Å². The summed E-state index contributed by atoms with van der Waals surface area (Å²) in [4.78, 5) is 29.1. The van der Waals surface area contributed by atoms with E-state index in [1.807, 2.05) is 12.2 Å². The second-order valence-corrected chi connectivity index (χ2v) is 6.66. The Bertz CT molecular complexity index is 953. The van der Waals surface area contributed by atoms with Gasteiger partial charge < -0.3 is 14.8 Å². The van der Waals surface area contributed by atoms with E-state index in [4.69, 9.17) is 9.47 Å². The van der Waals surface area contributed by atoms with Crippen molar-refractivity contribution in [2.24, 2.45) is 10.9 Å². The standard InChI is InChI=1S/C21H20N2O4/c1-26-13-7-9-17(19(11-13)27-2)21(25)22-12-6-8-15-14-4-3-5-16(14)20(24)23-18(15)10-12/h6-11,15H,3-5H2,1-2H3,(H,23,24). The summed E-state index contributed by atoms with van der Waals surface area (Å²) < 4.78 is 10.4. The molecule has 2 amide bonds. The van der Waals surface area contributed by atoms with Crippen LogP contribution in [0, 0.1) is 5.92 Å². The molecule has 138 valence electrons. The van der Waals surface area contributed by atoms with Crippen LogP contribution in [-0.2, 0) is 4.79 Å². The zero-order chi connectivity index (χ0) is 19.0. The van der Waals surface area contributed by atoms with Crippen molar-refractivity contribution in [3.8, 4) is 11.5 Å². The van der Waals surface area contributed by atoms with E-state index < -0.39 is 5.91 Å². The van der Waals surface area contributed by atoms with Gasteiger partial charge in [0.25, 0.3) is 11.8 Å². The Morgan fingerprint density at radius 1 is 1.22 bits per heavy atom. The van der Waals surface area contributed by atoms with Crippen LogP contribution in [0.15, 0.2) is 58.3 Å². The maximum absolute atomic E-state index is 12.6. The molecule has 1 atom stereocenters. The van der Waals surface area contributed by atoms with Gasteiger partial charge >= 0.3 is 0 Å². The van der Waals surface area contributed by atoms with E-state index in [2.05, 4.69) is 10.3 Å². The Balaban J connectivity index is 1.62. The maximum Gasteiger partial charge on any atom is 0.281 e. The molecule has 1 N–H and O–H groups in total. The summed E-state index contributed by atoms with van der Waals surface area (Å²) in [5.74, 6) is 0.657. The number of hydrogen-bond donors (Lipinski definition) is 1. The molecule has 1 unspecified atom stereocenters. The molecule has 0 aromatic heterocycles. The molecular formula is C21H20N2O4. The number of nitrogens with zero attached hydrogens (tertiary/aromatic N) is 1. The predicted octanol–water partition coefficient (Wildman–Crippen LogP) is 2.97. The molecule has 1 aromatic rings. The van der Waals surface area contributed by atoms with Gasteiger partial charge in [0.15, 0.2) is 0 Å². The lowest BCUT2D eigenvalue weighted by atomic mass is 9.85. The monoisotopic (exact) mass is 364 g/mol. The van der Waals surface area contributed by atoms with Gasteiger partial charge in [-0.25, -0.2) is 4.99 Å². The Morgan fingerprint density at radius 3 is 2.85 bits per heavy atom. The van der Waals surface area contributed by atoms with Gasteiger partial charge in [-0.15, -0.1) is 0 Å². The molecule has 0 fully saturated rings. The van der Waals surface area contributed by atoms with Gasteiger partial charge in [0.2, 0.25) is 0 Å². The fraction of sp³-hybridized carbons (Fsp3) is 0.286. The molecule has 6 heteroatoms. The molecule has 1 heterocycles. The van der Waals surface area contributed by atoms with Crippen LogP contribution in [0.1, 0.15) is 29.6 Å². The summed E-state index contributed by atoms with van der Waals surface area (Å²) in [6.45, 7) is 0. The number of ether oxygens (including phenoxy) is 2. The molecule has 27 heavy (non-hydrogen) atoms. The third kappa shape index (κ3) is 3.07. The van der Waals surface area contributed by atoms with Gasteiger partial charge in [0, 0.05) is 23.3 Å². The van der Waals surface area contributed by atoms with Crippen LogP contribution in [0.25, 0.3) is 0 Å². The fourth-order valence-electron chi connectivity index (χ4n) is 3.81. The number of benzene rings is 1. The first-order chi connectivity index (χ1) is 13.1. The minimum Gasteiger partial charge on any atom is -0.497 e. The van der Waals surface area contributed by atoms with Crippen LogP contribution in [0.5, 0.6) is 11.5 Å². The summed E-state index contributed by atoms with van der Waals surface area (Å²) in [6.07, 6.45) is 8.43. The number of amides is 2. The maximum atomic E-state index is 12.6. The number of aliphatic imine (C=N–C) groups is 1. The van der Waals surface area contributed by atoms with E-state index >= 15 is 0 Å². The molecule has 3 aliphatic rings. The van der Waals surface area contributed by atoms with Crippen molar-refractivity contribution >= 4 is 17.5 Å². The Kier molecular flexibility index (Phi) is 4.39. The fourth-order valence-corrected chi connectivity index (χ4v) is 3.81. The molecule has 1 aromatic carbocycles. The van der Waals surface area contributed by atoms with Crippen LogP contribution in [0.4, 0.5) is 0 Å². The van der Waals surface area contributed by atoms with E-state index in [-0.39, 0.29) is 11.8 Å². The average Bonchev–Trinajstić information content (AvgIpc) is 3.18. The van der Waals surface area contributed by atoms with Crippen LogP contribution in [0.3, 0.4) is 0 Å². The first-order valence-electron chi connectivity index (χ1n) is 8.89. The number of carbonyl (C=O) groups is 2. The summed E-state index contributed by atoms with van der Waals surface area (Å²) in [6, 6.07) is 4.97. The zero-order valence-electron chi connectivity index (χ0n) is 15.2.